The number of ether oxygens (including phenoxy) is 1. The van der Waals surface area contributed by atoms with E-state index in [4.69, 9.17) is 4.74 Å². The van der Waals surface area contributed by atoms with Crippen molar-refractivity contribution in [3.8, 4) is 0 Å². The van der Waals surface area contributed by atoms with Crippen LogP contribution in [0.15, 0.2) is 24.4 Å². The van der Waals surface area contributed by atoms with Crippen LogP contribution >= 0.6 is 0 Å². The van der Waals surface area contributed by atoms with Gasteiger partial charge in [-0.3, -0.25) is 0 Å². The number of hydrogen-bond acceptors (Lipinski definition) is 1. The van der Waals surface area contributed by atoms with Gasteiger partial charge >= 0.3 is 0 Å². The van der Waals surface area contributed by atoms with Crippen molar-refractivity contribution in [2.45, 2.75) is 13.5 Å². The molecule has 0 amide bonds. The Hall–Kier alpha value is -1.28. The first kappa shape index (κ1) is 8.32. The van der Waals surface area contributed by atoms with Crippen molar-refractivity contribution >= 4 is 10.9 Å². The first-order valence-electron chi connectivity index (χ1n) is 4.37. The fraction of sp³-hybridized carbons (Fsp3) is 0.273. The Bertz CT molecular complexity index is 417. The predicted molar refractivity (Wildman–Crippen MR) is 53.7 cm³/mol. The summed E-state index contributed by atoms with van der Waals surface area (Å²) < 4.78 is 5.13. The lowest BCUT2D eigenvalue weighted by Gasteiger charge is -1.99. The Morgan fingerprint density at radius 1 is 1.38 bits per heavy atom. The van der Waals surface area contributed by atoms with Gasteiger partial charge in [-0.05, 0) is 18.6 Å². The normalized spacial score (nSPS) is 10.9. The van der Waals surface area contributed by atoms with E-state index in [1.54, 1.807) is 7.11 Å². The van der Waals surface area contributed by atoms with Crippen LogP contribution in [0, 0.1) is 6.92 Å². The third-order valence-electron chi connectivity index (χ3n) is 2.30. The van der Waals surface area contributed by atoms with Gasteiger partial charge in [0.15, 0.2) is 0 Å². The number of nitrogens with one attached hydrogen (secondary N) is 1. The highest BCUT2D eigenvalue weighted by atomic mass is 16.5. The average molecular weight is 175 g/mol. The Labute approximate surface area is 77.5 Å². The van der Waals surface area contributed by atoms with Gasteiger partial charge in [-0.25, -0.2) is 0 Å². The van der Waals surface area contributed by atoms with Crippen molar-refractivity contribution in [1.29, 1.82) is 0 Å². The highest BCUT2D eigenvalue weighted by Crippen LogP contribution is 2.22. The maximum Gasteiger partial charge on any atom is 0.0733 e. The highest BCUT2D eigenvalue weighted by Gasteiger charge is 2.04. The van der Waals surface area contributed by atoms with Crippen LogP contribution in [-0.4, -0.2) is 12.1 Å². The zero-order chi connectivity index (χ0) is 9.26. The van der Waals surface area contributed by atoms with Crippen LogP contribution in [-0.2, 0) is 11.3 Å². The molecule has 0 saturated carbocycles. The van der Waals surface area contributed by atoms with Crippen molar-refractivity contribution in [3.05, 3.63) is 35.5 Å². The lowest BCUT2D eigenvalue weighted by Crippen LogP contribution is -1.85. The van der Waals surface area contributed by atoms with Crippen LogP contribution in [0.5, 0.6) is 0 Å². The first-order valence-corrected chi connectivity index (χ1v) is 4.37. The lowest BCUT2D eigenvalue weighted by atomic mass is 10.1. The molecule has 1 N–H and O–H groups in total. The van der Waals surface area contributed by atoms with Crippen LogP contribution in [0.2, 0.25) is 0 Å². The van der Waals surface area contributed by atoms with E-state index in [-0.39, 0.29) is 0 Å². The Morgan fingerprint density at radius 3 is 3.00 bits per heavy atom. The largest absolute Gasteiger partial charge is 0.380 e. The maximum atomic E-state index is 5.13. The molecule has 0 spiro atoms. The van der Waals surface area contributed by atoms with E-state index in [2.05, 4.69) is 30.1 Å². The van der Waals surface area contributed by atoms with E-state index in [1.807, 2.05) is 6.20 Å². The average Bonchev–Trinajstić information content (AvgIpc) is 2.51. The van der Waals surface area contributed by atoms with Gasteiger partial charge in [-0.15, -0.1) is 0 Å². The Morgan fingerprint density at radius 2 is 2.23 bits per heavy atom. The van der Waals surface area contributed by atoms with Gasteiger partial charge in [0.25, 0.3) is 0 Å². The minimum Gasteiger partial charge on any atom is -0.380 e. The SMILES string of the molecule is COCc1c[nH]c2cccc(C)c12. The summed E-state index contributed by atoms with van der Waals surface area (Å²) in [6.07, 6.45) is 2.02. The summed E-state index contributed by atoms with van der Waals surface area (Å²) in [5.41, 5.74) is 3.72. The molecule has 2 rings (SSSR count). The van der Waals surface area contributed by atoms with Crippen LogP contribution < -0.4 is 0 Å². The lowest BCUT2D eigenvalue weighted by molar-refractivity contribution is 0.186. The molecule has 0 bridgehead atoms. The molecular formula is C11H13NO. The number of H-pyrrole nitrogens is 1. The first-order chi connectivity index (χ1) is 6.33. The van der Waals surface area contributed by atoms with Gasteiger partial charge in [0.1, 0.15) is 0 Å². The molecule has 2 aromatic rings. The topological polar surface area (TPSA) is 25.0 Å². The fourth-order valence-electron chi connectivity index (χ4n) is 1.72. The zero-order valence-electron chi connectivity index (χ0n) is 7.92. The number of aryl methyl sites for hydroxylation is 1. The Balaban J connectivity index is 2.64. The standard InChI is InChI=1S/C11H13NO/c1-8-4-3-5-10-11(8)9(6-12-10)7-13-2/h3-6,12H,7H2,1-2H3. The summed E-state index contributed by atoms with van der Waals surface area (Å²) >= 11 is 0. The molecule has 68 valence electrons. The van der Waals surface area contributed by atoms with Crippen LogP contribution in [0.1, 0.15) is 11.1 Å². The summed E-state index contributed by atoms with van der Waals surface area (Å²) in [7, 11) is 1.72. The van der Waals surface area contributed by atoms with Gasteiger partial charge in [0.05, 0.1) is 6.61 Å². The van der Waals surface area contributed by atoms with Crippen molar-refractivity contribution in [3.63, 3.8) is 0 Å². The molecule has 0 unspecified atom stereocenters. The molecule has 2 heteroatoms. The molecule has 0 aliphatic carbocycles. The van der Waals surface area contributed by atoms with Gasteiger partial charge in [-0.2, -0.15) is 0 Å². The smallest absolute Gasteiger partial charge is 0.0733 e. The molecule has 0 fully saturated rings. The maximum absolute atomic E-state index is 5.13. The van der Waals surface area contributed by atoms with Gasteiger partial charge in [0.2, 0.25) is 0 Å². The summed E-state index contributed by atoms with van der Waals surface area (Å²) in [5, 5.41) is 1.30. The molecule has 1 heterocycles. The van der Waals surface area contributed by atoms with Gasteiger partial charge < -0.3 is 9.72 Å². The number of methoxy groups -OCH3 is 1. The molecule has 1 aromatic carbocycles. The summed E-state index contributed by atoms with van der Waals surface area (Å²) in [6, 6.07) is 6.27. The molecule has 0 aliphatic heterocycles. The monoisotopic (exact) mass is 175 g/mol. The quantitative estimate of drug-likeness (QED) is 0.745. The number of hydrogen-bond donors (Lipinski definition) is 1. The molecule has 1 aromatic heterocycles. The number of benzene rings is 1. The third-order valence-corrected chi connectivity index (χ3v) is 2.30. The van der Waals surface area contributed by atoms with Crippen molar-refractivity contribution in [1.82, 2.24) is 4.98 Å². The predicted octanol–water partition coefficient (Wildman–Crippen LogP) is 2.62. The van der Waals surface area contributed by atoms with Crippen molar-refractivity contribution in [2.24, 2.45) is 0 Å². The number of aromatic amines is 1. The second-order valence-electron chi connectivity index (χ2n) is 3.24. The molecule has 2 nitrogen and oxygen atoms in total. The summed E-state index contributed by atoms with van der Waals surface area (Å²) in [5.74, 6) is 0. The van der Waals surface area contributed by atoms with E-state index in [9.17, 15) is 0 Å². The van der Waals surface area contributed by atoms with Gasteiger partial charge in [0, 0.05) is 29.8 Å². The van der Waals surface area contributed by atoms with E-state index in [0.29, 0.717) is 6.61 Å². The number of rotatable bonds is 2. The van der Waals surface area contributed by atoms with Gasteiger partial charge in [-0.1, -0.05) is 12.1 Å². The second-order valence-corrected chi connectivity index (χ2v) is 3.24. The van der Waals surface area contributed by atoms with E-state index in [0.717, 1.165) is 0 Å². The highest BCUT2D eigenvalue weighted by molar-refractivity contribution is 5.86. The Kier molecular flexibility index (Phi) is 2.07. The minimum atomic E-state index is 0.671. The third kappa shape index (κ3) is 1.33. The van der Waals surface area contributed by atoms with Crippen LogP contribution in [0.4, 0.5) is 0 Å². The molecule has 13 heavy (non-hydrogen) atoms. The van der Waals surface area contributed by atoms with Crippen LogP contribution in [0.3, 0.4) is 0 Å². The van der Waals surface area contributed by atoms with E-state index < -0.39 is 0 Å². The fourth-order valence-corrected chi connectivity index (χ4v) is 1.72. The van der Waals surface area contributed by atoms with Crippen LogP contribution in [0.25, 0.3) is 10.9 Å². The molecule has 0 atom stereocenters. The zero-order valence-corrected chi connectivity index (χ0v) is 7.92. The van der Waals surface area contributed by atoms with Crippen molar-refractivity contribution < 1.29 is 4.74 Å². The number of aromatic nitrogens is 1. The number of fused-ring (bicyclic) bond motifs is 1. The molecular weight excluding hydrogens is 162 g/mol. The molecule has 0 saturated heterocycles. The minimum absolute atomic E-state index is 0.671. The second kappa shape index (κ2) is 3.23. The summed E-state index contributed by atoms with van der Waals surface area (Å²) in [6.45, 7) is 2.79. The van der Waals surface area contributed by atoms with E-state index in [1.165, 1.54) is 22.0 Å². The molecule has 0 radical (unpaired) electrons. The summed E-state index contributed by atoms with van der Waals surface area (Å²) in [4.78, 5) is 3.23. The van der Waals surface area contributed by atoms with E-state index >= 15 is 0 Å². The molecule has 0 aliphatic rings. The van der Waals surface area contributed by atoms with Crippen molar-refractivity contribution in [2.75, 3.05) is 7.11 Å².